The Kier molecular flexibility index (Phi) is 7.85. The van der Waals surface area contributed by atoms with Crippen LogP contribution >= 0.6 is 0 Å². The zero-order chi connectivity index (χ0) is 26.2. The fourth-order valence-electron chi connectivity index (χ4n) is 3.63. The molecule has 0 bridgehead atoms. The second kappa shape index (κ2) is 11.6. The minimum Gasteiger partial charge on any atom is -0.493 e. The molecule has 1 heterocycles. The van der Waals surface area contributed by atoms with E-state index in [4.69, 9.17) is 14.6 Å². The van der Waals surface area contributed by atoms with E-state index >= 15 is 0 Å². The third kappa shape index (κ3) is 5.96. The standard InChI is InChI=1S/C28H27N5O4/c1-4-16-29-28(35)31-21-13-11-20(12-14-21)30-27(34)23-18-33(22-8-6-5-7-9-22)32-26(23)19-10-15-24(36-2)25(17-19)37-3/h4-15,17-18H,1,16H2,2-3H3,(H,30,34)(H2,29,31,35). The van der Waals surface area contributed by atoms with Crippen LogP contribution in [0.2, 0.25) is 0 Å². The zero-order valence-corrected chi connectivity index (χ0v) is 20.5. The maximum absolute atomic E-state index is 13.4. The molecule has 0 aliphatic carbocycles. The van der Waals surface area contributed by atoms with Crippen LogP contribution in [0, 0.1) is 0 Å². The van der Waals surface area contributed by atoms with Gasteiger partial charge in [-0.2, -0.15) is 5.10 Å². The number of aromatic nitrogens is 2. The average molecular weight is 498 g/mol. The first-order valence-electron chi connectivity index (χ1n) is 11.5. The molecular formula is C28H27N5O4. The number of amides is 3. The quantitative estimate of drug-likeness (QED) is 0.279. The molecule has 3 N–H and O–H groups in total. The van der Waals surface area contributed by atoms with Crippen molar-refractivity contribution in [3.05, 3.63) is 97.2 Å². The summed E-state index contributed by atoms with van der Waals surface area (Å²) in [6, 6.07) is 21.4. The van der Waals surface area contributed by atoms with Gasteiger partial charge in [0.2, 0.25) is 0 Å². The zero-order valence-electron chi connectivity index (χ0n) is 20.5. The Bertz CT molecular complexity index is 1400. The Labute approximate surface area is 214 Å². The topological polar surface area (TPSA) is 107 Å². The Morgan fingerprint density at radius 2 is 1.59 bits per heavy atom. The second-order valence-electron chi connectivity index (χ2n) is 7.90. The molecule has 0 saturated heterocycles. The van der Waals surface area contributed by atoms with E-state index in [2.05, 4.69) is 22.5 Å². The van der Waals surface area contributed by atoms with E-state index in [0.29, 0.717) is 46.2 Å². The maximum atomic E-state index is 13.4. The van der Waals surface area contributed by atoms with Crippen molar-refractivity contribution in [3.8, 4) is 28.4 Å². The van der Waals surface area contributed by atoms with Crippen molar-refractivity contribution in [2.45, 2.75) is 0 Å². The number of hydrogen-bond donors (Lipinski definition) is 3. The minimum atomic E-state index is -0.343. The Hall–Kier alpha value is -5.05. The van der Waals surface area contributed by atoms with Crippen LogP contribution in [-0.4, -0.2) is 42.5 Å². The molecule has 9 heteroatoms. The van der Waals surface area contributed by atoms with E-state index in [9.17, 15) is 9.59 Å². The highest BCUT2D eigenvalue weighted by molar-refractivity contribution is 6.08. The first kappa shape index (κ1) is 25.1. The molecule has 0 unspecified atom stereocenters. The number of nitrogens with one attached hydrogen (secondary N) is 3. The van der Waals surface area contributed by atoms with E-state index in [-0.39, 0.29) is 11.9 Å². The van der Waals surface area contributed by atoms with Gasteiger partial charge >= 0.3 is 6.03 Å². The number of para-hydroxylation sites is 1. The molecule has 188 valence electrons. The van der Waals surface area contributed by atoms with Crippen molar-refractivity contribution in [2.75, 3.05) is 31.4 Å². The fraction of sp³-hybridized carbons (Fsp3) is 0.107. The molecule has 0 fully saturated rings. The highest BCUT2D eigenvalue weighted by Crippen LogP contribution is 2.33. The number of methoxy groups -OCH3 is 2. The number of ether oxygens (including phenoxy) is 2. The summed E-state index contributed by atoms with van der Waals surface area (Å²) in [6.07, 6.45) is 3.28. The second-order valence-corrected chi connectivity index (χ2v) is 7.90. The molecule has 3 aromatic carbocycles. The van der Waals surface area contributed by atoms with Crippen molar-refractivity contribution in [2.24, 2.45) is 0 Å². The molecule has 0 spiro atoms. The lowest BCUT2D eigenvalue weighted by Gasteiger charge is -2.10. The fourth-order valence-corrected chi connectivity index (χ4v) is 3.63. The Balaban J connectivity index is 1.62. The van der Waals surface area contributed by atoms with Gasteiger partial charge in [0.15, 0.2) is 11.5 Å². The van der Waals surface area contributed by atoms with Gasteiger partial charge in [0.25, 0.3) is 5.91 Å². The first-order chi connectivity index (χ1) is 18.0. The molecule has 4 aromatic rings. The van der Waals surface area contributed by atoms with Gasteiger partial charge in [0, 0.05) is 29.7 Å². The van der Waals surface area contributed by atoms with Crippen LogP contribution in [0.4, 0.5) is 16.2 Å². The van der Waals surface area contributed by atoms with Crippen molar-refractivity contribution in [3.63, 3.8) is 0 Å². The van der Waals surface area contributed by atoms with Gasteiger partial charge in [0.05, 0.1) is 25.5 Å². The third-order valence-electron chi connectivity index (χ3n) is 5.44. The third-order valence-corrected chi connectivity index (χ3v) is 5.44. The molecule has 0 atom stereocenters. The lowest BCUT2D eigenvalue weighted by atomic mass is 10.1. The van der Waals surface area contributed by atoms with Gasteiger partial charge in [-0.3, -0.25) is 4.79 Å². The highest BCUT2D eigenvalue weighted by Gasteiger charge is 2.20. The molecule has 0 radical (unpaired) electrons. The van der Waals surface area contributed by atoms with E-state index in [0.717, 1.165) is 5.69 Å². The summed E-state index contributed by atoms with van der Waals surface area (Å²) in [5, 5.41) is 13.0. The van der Waals surface area contributed by atoms with E-state index < -0.39 is 0 Å². The van der Waals surface area contributed by atoms with Gasteiger partial charge < -0.3 is 25.4 Å². The number of urea groups is 1. The number of carbonyl (C=O) groups excluding carboxylic acids is 2. The largest absolute Gasteiger partial charge is 0.493 e. The van der Waals surface area contributed by atoms with Gasteiger partial charge in [-0.05, 0) is 54.6 Å². The Morgan fingerprint density at radius 3 is 2.24 bits per heavy atom. The van der Waals surface area contributed by atoms with Crippen LogP contribution in [0.5, 0.6) is 11.5 Å². The van der Waals surface area contributed by atoms with E-state index in [1.165, 1.54) is 0 Å². The van der Waals surface area contributed by atoms with Gasteiger partial charge in [0.1, 0.15) is 5.69 Å². The monoisotopic (exact) mass is 497 g/mol. The van der Waals surface area contributed by atoms with Gasteiger partial charge in [-0.1, -0.05) is 24.3 Å². The molecule has 4 rings (SSSR count). The summed E-state index contributed by atoms with van der Waals surface area (Å²) >= 11 is 0. The van der Waals surface area contributed by atoms with Crippen molar-refractivity contribution < 1.29 is 19.1 Å². The van der Waals surface area contributed by atoms with Crippen LogP contribution in [0.3, 0.4) is 0 Å². The predicted octanol–water partition coefficient (Wildman–Crippen LogP) is 5.12. The smallest absolute Gasteiger partial charge is 0.319 e. The predicted molar refractivity (Wildman–Crippen MR) is 144 cm³/mol. The highest BCUT2D eigenvalue weighted by atomic mass is 16.5. The lowest BCUT2D eigenvalue weighted by molar-refractivity contribution is 0.102. The number of benzene rings is 3. The summed E-state index contributed by atoms with van der Waals surface area (Å²) in [4.78, 5) is 25.2. The van der Waals surface area contributed by atoms with Gasteiger partial charge in [-0.25, -0.2) is 9.48 Å². The molecule has 0 saturated carbocycles. The van der Waals surface area contributed by atoms with Crippen LogP contribution < -0.4 is 25.4 Å². The summed E-state index contributed by atoms with van der Waals surface area (Å²) < 4.78 is 12.5. The first-order valence-corrected chi connectivity index (χ1v) is 11.5. The number of carbonyl (C=O) groups is 2. The van der Waals surface area contributed by atoms with Gasteiger partial charge in [-0.15, -0.1) is 6.58 Å². The Morgan fingerprint density at radius 1 is 0.919 bits per heavy atom. The van der Waals surface area contributed by atoms with Crippen molar-refractivity contribution in [1.82, 2.24) is 15.1 Å². The van der Waals surface area contributed by atoms with Crippen LogP contribution in [0.1, 0.15) is 10.4 Å². The molecule has 1 aromatic heterocycles. The average Bonchev–Trinajstić information content (AvgIpc) is 3.39. The summed E-state index contributed by atoms with van der Waals surface area (Å²) in [7, 11) is 3.12. The van der Waals surface area contributed by atoms with E-state index in [1.807, 2.05) is 36.4 Å². The van der Waals surface area contributed by atoms with Crippen molar-refractivity contribution >= 4 is 23.3 Å². The summed E-state index contributed by atoms with van der Waals surface area (Å²) in [5.74, 6) is 0.767. The normalized spacial score (nSPS) is 10.3. The number of rotatable bonds is 9. The molecule has 37 heavy (non-hydrogen) atoms. The van der Waals surface area contributed by atoms with Crippen LogP contribution in [0.15, 0.2) is 91.6 Å². The number of anilines is 2. The minimum absolute atomic E-state index is 0.337. The van der Waals surface area contributed by atoms with Crippen LogP contribution in [-0.2, 0) is 0 Å². The molecule has 9 nitrogen and oxygen atoms in total. The van der Waals surface area contributed by atoms with E-state index in [1.54, 1.807) is 67.6 Å². The molecule has 3 amide bonds. The SMILES string of the molecule is C=CCNC(=O)Nc1ccc(NC(=O)c2cn(-c3ccccc3)nc2-c2ccc(OC)c(OC)c2)cc1. The lowest BCUT2D eigenvalue weighted by Crippen LogP contribution is -2.28. The van der Waals surface area contributed by atoms with Crippen LogP contribution in [0.25, 0.3) is 16.9 Å². The number of nitrogens with zero attached hydrogens (tertiary/aromatic N) is 2. The van der Waals surface area contributed by atoms with Crippen molar-refractivity contribution in [1.29, 1.82) is 0 Å². The molecular weight excluding hydrogens is 470 g/mol. The molecule has 0 aliphatic rings. The molecule has 0 aliphatic heterocycles. The summed E-state index contributed by atoms with van der Waals surface area (Å²) in [5.41, 5.74) is 3.52. The maximum Gasteiger partial charge on any atom is 0.319 e. The summed E-state index contributed by atoms with van der Waals surface area (Å²) in [6.45, 7) is 3.92. The number of hydrogen-bond acceptors (Lipinski definition) is 5.